The minimum Gasteiger partial charge on any atom is -0.340 e. The van der Waals surface area contributed by atoms with Crippen molar-refractivity contribution in [3.63, 3.8) is 0 Å². The average molecular weight is 445 g/mol. The Morgan fingerprint density at radius 2 is 2.00 bits per heavy atom. The molecular weight excluding hydrogens is 419 g/mol. The Morgan fingerprint density at radius 1 is 1.18 bits per heavy atom. The standard InChI is InChI=1S/C25H25FN6O/c1-4-9-31-24(33)20-15-29-23(30-18-6-5-16-13-27-14-17(16)10-18)12-21(20)32(31)19-7-8-28-22(11-19)25(2,3)26/h4-8,10-12,15,27H,1,9,13-14H2,2-3H3,(H,29,30). The van der Waals surface area contributed by atoms with E-state index in [9.17, 15) is 9.18 Å². The van der Waals surface area contributed by atoms with Crippen LogP contribution in [0, 0.1) is 0 Å². The van der Waals surface area contributed by atoms with E-state index in [4.69, 9.17) is 0 Å². The molecule has 0 unspecified atom stereocenters. The van der Waals surface area contributed by atoms with E-state index >= 15 is 0 Å². The van der Waals surface area contributed by atoms with Crippen molar-refractivity contribution in [2.75, 3.05) is 5.32 Å². The molecule has 0 spiro atoms. The third-order valence-corrected chi connectivity index (χ3v) is 5.83. The molecule has 168 valence electrons. The molecule has 0 saturated heterocycles. The lowest BCUT2D eigenvalue weighted by Gasteiger charge is -2.17. The van der Waals surface area contributed by atoms with Crippen molar-refractivity contribution in [2.24, 2.45) is 0 Å². The van der Waals surface area contributed by atoms with Gasteiger partial charge in [0.1, 0.15) is 11.5 Å². The SMILES string of the molecule is C=CCn1c(=O)c2cnc(Nc3ccc4c(c3)CNC4)cc2n1-c1ccnc(C(C)(C)F)c1. The molecule has 5 rings (SSSR count). The molecule has 33 heavy (non-hydrogen) atoms. The van der Waals surface area contributed by atoms with Crippen LogP contribution in [0.1, 0.15) is 30.7 Å². The summed E-state index contributed by atoms with van der Waals surface area (Å²) in [5.74, 6) is 0.609. The number of benzene rings is 1. The van der Waals surface area contributed by atoms with Gasteiger partial charge in [0.05, 0.1) is 28.8 Å². The molecular formula is C25H25FN6O. The Labute approximate surface area is 190 Å². The van der Waals surface area contributed by atoms with Crippen molar-refractivity contribution in [1.82, 2.24) is 24.6 Å². The van der Waals surface area contributed by atoms with Crippen LogP contribution in [0.3, 0.4) is 0 Å². The van der Waals surface area contributed by atoms with Gasteiger partial charge in [0, 0.05) is 37.2 Å². The van der Waals surface area contributed by atoms with Gasteiger partial charge in [-0.15, -0.1) is 6.58 Å². The summed E-state index contributed by atoms with van der Waals surface area (Å²) in [7, 11) is 0. The minimum absolute atomic E-state index is 0.189. The molecule has 0 saturated carbocycles. The molecule has 0 amide bonds. The molecule has 0 bridgehead atoms. The first-order valence-corrected chi connectivity index (χ1v) is 10.8. The largest absolute Gasteiger partial charge is 0.340 e. The molecule has 3 aromatic heterocycles. The molecule has 0 radical (unpaired) electrons. The Kier molecular flexibility index (Phi) is 5.09. The zero-order chi connectivity index (χ0) is 23.2. The van der Waals surface area contributed by atoms with Crippen molar-refractivity contribution < 1.29 is 4.39 Å². The lowest BCUT2D eigenvalue weighted by Crippen LogP contribution is -2.22. The molecule has 0 aliphatic carbocycles. The van der Waals surface area contributed by atoms with Gasteiger partial charge in [0.25, 0.3) is 5.56 Å². The first-order chi connectivity index (χ1) is 15.8. The van der Waals surface area contributed by atoms with Crippen LogP contribution in [0.5, 0.6) is 0 Å². The second-order valence-electron chi connectivity index (χ2n) is 8.66. The second-order valence-corrected chi connectivity index (χ2v) is 8.66. The molecule has 0 atom stereocenters. The van der Waals surface area contributed by atoms with Crippen molar-refractivity contribution >= 4 is 22.4 Å². The zero-order valence-corrected chi connectivity index (χ0v) is 18.6. The molecule has 1 aliphatic rings. The highest BCUT2D eigenvalue weighted by Gasteiger charge is 2.22. The van der Waals surface area contributed by atoms with Gasteiger partial charge in [-0.2, -0.15) is 0 Å². The van der Waals surface area contributed by atoms with Crippen molar-refractivity contribution in [3.05, 3.63) is 88.6 Å². The second kappa shape index (κ2) is 7.97. The normalized spacial score (nSPS) is 13.3. The number of alkyl halides is 1. The van der Waals surface area contributed by atoms with Gasteiger partial charge in [0.2, 0.25) is 0 Å². The number of pyridine rings is 2. The fourth-order valence-corrected chi connectivity index (χ4v) is 4.18. The maximum atomic E-state index is 14.6. The summed E-state index contributed by atoms with van der Waals surface area (Å²) in [6.07, 6.45) is 4.79. The molecule has 4 aromatic rings. The van der Waals surface area contributed by atoms with Crippen LogP contribution >= 0.6 is 0 Å². The first-order valence-electron chi connectivity index (χ1n) is 10.8. The molecule has 2 N–H and O–H groups in total. The van der Waals surface area contributed by atoms with E-state index in [-0.39, 0.29) is 5.56 Å². The highest BCUT2D eigenvalue weighted by molar-refractivity contribution is 5.83. The topological polar surface area (TPSA) is 76.8 Å². The predicted molar refractivity (Wildman–Crippen MR) is 128 cm³/mol. The monoisotopic (exact) mass is 444 g/mol. The lowest BCUT2D eigenvalue weighted by atomic mass is 10.1. The summed E-state index contributed by atoms with van der Waals surface area (Å²) in [6.45, 7) is 8.72. The van der Waals surface area contributed by atoms with E-state index in [1.807, 2.05) is 12.1 Å². The first kappa shape index (κ1) is 21.1. The fourth-order valence-electron chi connectivity index (χ4n) is 4.18. The highest BCUT2D eigenvalue weighted by atomic mass is 19.1. The summed E-state index contributed by atoms with van der Waals surface area (Å²) in [6, 6.07) is 11.5. The minimum atomic E-state index is -1.61. The smallest absolute Gasteiger partial charge is 0.276 e. The van der Waals surface area contributed by atoms with Crippen molar-refractivity contribution in [3.8, 4) is 5.69 Å². The number of nitrogens with one attached hydrogen (secondary N) is 2. The van der Waals surface area contributed by atoms with Crippen LogP contribution < -0.4 is 16.2 Å². The van der Waals surface area contributed by atoms with Crippen LogP contribution in [0.2, 0.25) is 0 Å². The maximum Gasteiger partial charge on any atom is 0.276 e. The number of anilines is 2. The number of hydrogen-bond acceptors (Lipinski definition) is 5. The number of allylic oxidation sites excluding steroid dienone is 1. The van der Waals surface area contributed by atoms with Crippen molar-refractivity contribution in [1.29, 1.82) is 0 Å². The Balaban J connectivity index is 1.64. The third-order valence-electron chi connectivity index (χ3n) is 5.83. The number of fused-ring (bicyclic) bond motifs is 2. The van der Waals surface area contributed by atoms with Gasteiger partial charge in [-0.1, -0.05) is 12.1 Å². The van der Waals surface area contributed by atoms with Crippen LogP contribution in [0.4, 0.5) is 15.9 Å². The van der Waals surface area contributed by atoms with Crippen LogP contribution in [-0.4, -0.2) is 19.3 Å². The summed E-state index contributed by atoms with van der Waals surface area (Å²) in [5.41, 5.74) is 3.27. The lowest BCUT2D eigenvalue weighted by molar-refractivity contribution is 0.214. The van der Waals surface area contributed by atoms with Crippen LogP contribution in [0.15, 0.2) is 66.2 Å². The summed E-state index contributed by atoms with van der Waals surface area (Å²) in [4.78, 5) is 21.8. The van der Waals surface area contributed by atoms with E-state index < -0.39 is 5.67 Å². The van der Waals surface area contributed by atoms with Crippen LogP contribution in [-0.2, 0) is 25.3 Å². The van der Waals surface area contributed by atoms with Gasteiger partial charge < -0.3 is 10.6 Å². The molecule has 1 aliphatic heterocycles. The highest BCUT2D eigenvalue weighted by Crippen LogP contribution is 2.27. The van der Waals surface area contributed by atoms with Crippen molar-refractivity contribution in [2.45, 2.75) is 39.2 Å². The van der Waals surface area contributed by atoms with E-state index in [0.29, 0.717) is 34.6 Å². The zero-order valence-electron chi connectivity index (χ0n) is 18.6. The van der Waals surface area contributed by atoms with Gasteiger partial charge >= 0.3 is 0 Å². The third kappa shape index (κ3) is 3.82. The Hall–Kier alpha value is -3.78. The fraction of sp³-hybridized carbons (Fsp3) is 0.240. The summed E-state index contributed by atoms with van der Waals surface area (Å²) < 4.78 is 17.9. The quantitative estimate of drug-likeness (QED) is 0.433. The van der Waals surface area contributed by atoms with Gasteiger partial charge in [-0.3, -0.25) is 9.78 Å². The predicted octanol–water partition coefficient (Wildman–Crippen LogP) is 4.32. The number of halogens is 1. The molecule has 1 aromatic carbocycles. The molecule has 7 nitrogen and oxygen atoms in total. The van der Waals surface area contributed by atoms with E-state index in [2.05, 4.69) is 39.3 Å². The number of hydrogen-bond donors (Lipinski definition) is 2. The van der Waals surface area contributed by atoms with Gasteiger partial charge in [0.15, 0.2) is 0 Å². The average Bonchev–Trinajstić information content (AvgIpc) is 3.36. The van der Waals surface area contributed by atoms with E-state index in [1.54, 1.807) is 40.0 Å². The van der Waals surface area contributed by atoms with Gasteiger partial charge in [-0.25, -0.2) is 18.7 Å². The molecule has 8 heteroatoms. The molecule has 4 heterocycles. The van der Waals surface area contributed by atoms with E-state index in [0.717, 1.165) is 18.8 Å². The van der Waals surface area contributed by atoms with Gasteiger partial charge in [-0.05, 0) is 49.2 Å². The summed E-state index contributed by atoms with van der Waals surface area (Å²) in [5, 5.41) is 7.16. The Morgan fingerprint density at radius 3 is 2.79 bits per heavy atom. The van der Waals surface area contributed by atoms with Crippen LogP contribution in [0.25, 0.3) is 16.6 Å². The van der Waals surface area contributed by atoms with E-state index in [1.165, 1.54) is 25.0 Å². The number of nitrogens with zero attached hydrogens (tertiary/aromatic N) is 4. The molecule has 0 fully saturated rings. The summed E-state index contributed by atoms with van der Waals surface area (Å²) >= 11 is 0. The number of rotatable bonds is 6. The Bertz CT molecular complexity index is 1430. The number of aromatic nitrogens is 4. The maximum absolute atomic E-state index is 14.6.